The zero-order valence-electron chi connectivity index (χ0n) is 28.3. The summed E-state index contributed by atoms with van der Waals surface area (Å²) in [5.74, 6) is 2.65. The third-order valence-electron chi connectivity index (χ3n) is 7.63. The van der Waals surface area contributed by atoms with Crippen LogP contribution in [0.1, 0.15) is 77.6 Å². The van der Waals surface area contributed by atoms with Gasteiger partial charge >= 0.3 is 6.18 Å². The van der Waals surface area contributed by atoms with E-state index in [9.17, 15) is 40.7 Å². The van der Waals surface area contributed by atoms with Gasteiger partial charge in [0.05, 0.1) is 23.4 Å². The van der Waals surface area contributed by atoms with Gasteiger partial charge in [0.15, 0.2) is 18.1 Å². The average Bonchev–Trinajstić information content (AvgIpc) is 3.56. The van der Waals surface area contributed by atoms with Crippen LogP contribution in [0.25, 0.3) is 0 Å². The highest BCUT2D eigenvalue weighted by Crippen LogP contribution is 2.40. The number of terminal acetylenes is 1. The van der Waals surface area contributed by atoms with Gasteiger partial charge in [-0.15, -0.1) is 6.42 Å². The van der Waals surface area contributed by atoms with Crippen molar-refractivity contribution in [2.45, 2.75) is 59.7 Å². The molecule has 2 aliphatic heterocycles. The molecule has 0 unspecified atom stereocenters. The van der Waals surface area contributed by atoms with Crippen LogP contribution < -0.4 is 14.4 Å². The fraction of sp³-hybridized carbons (Fsp3) is 0.455. The second kappa shape index (κ2) is 15.8. The predicted octanol–water partition coefficient (Wildman–Crippen LogP) is 7.50. The van der Waals surface area contributed by atoms with Crippen molar-refractivity contribution >= 4 is 62.6 Å². The van der Waals surface area contributed by atoms with Crippen LogP contribution in [-0.4, -0.2) is 55.7 Å². The van der Waals surface area contributed by atoms with Crippen LogP contribution in [0.4, 0.5) is 37.7 Å². The highest BCUT2D eigenvalue weighted by atomic mass is 32.2. The van der Waals surface area contributed by atoms with Gasteiger partial charge in [-0.2, -0.15) is 17.5 Å². The van der Waals surface area contributed by atoms with Crippen molar-refractivity contribution in [3.05, 3.63) is 56.7 Å². The number of rotatable bonds is 7. The fourth-order valence-corrected chi connectivity index (χ4v) is 7.14. The van der Waals surface area contributed by atoms with Crippen LogP contribution in [0.2, 0.25) is 0 Å². The summed E-state index contributed by atoms with van der Waals surface area (Å²) in [5, 5.41) is -1.81. The number of aromatic nitrogens is 3. The van der Waals surface area contributed by atoms with Crippen molar-refractivity contribution in [1.82, 2.24) is 13.9 Å². The summed E-state index contributed by atoms with van der Waals surface area (Å²) < 4.78 is 93.1. The molecule has 0 saturated heterocycles. The second-order valence-corrected chi connectivity index (χ2v) is 14.9. The lowest BCUT2D eigenvalue weighted by Gasteiger charge is -2.28. The number of fused-ring (bicyclic) bond motifs is 2. The Morgan fingerprint density at radius 2 is 1.80 bits per heavy atom. The number of benzene rings is 1. The molecule has 0 N–H and O–H groups in total. The van der Waals surface area contributed by atoms with Crippen LogP contribution in [-0.2, 0) is 30.4 Å². The van der Waals surface area contributed by atoms with E-state index >= 15 is 0 Å². The first-order valence-electron chi connectivity index (χ1n) is 15.2. The molecule has 18 heteroatoms. The number of carbonyl (C=O) groups is 3. The van der Waals surface area contributed by atoms with Gasteiger partial charge < -0.3 is 9.30 Å². The van der Waals surface area contributed by atoms with Gasteiger partial charge in [0, 0.05) is 30.6 Å². The van der Waals surface area contributed by atoms with Crippen molar-refractivity contribution in [2.24, 2.45) is 16.3 Å². The fourth-order valence-electron chi connectivity index (χ4n) is 5.53. The predicted molar refractivity (Wildman–Crippen MR) is 184 cm³/mol. The Morgan fingerprint density at radius 3 is 2.37 bits per heavy atom. The average molecular weight is 774 g/mol. The van der Waals surface area contributed by atoms with E-state index < -0.39 is 51.2 Å². The molecule has 51 heavy (non-hydrogen) atoms. The van der Waals surface area contributed by atoms with Crippen LogP contribution in [0.5, 0.6) is 5.75 Å². The number of nitrogens with zero attached hydrogens (tertiary/aromatic N) is 5. The molecule has 274 valence electrons. The number of hydrogen-bond donors (Lipinski definition) is 0. The summed E-state index contributed by atoms with van der Waals surface area (Å²) in [6, 6.07) is 2.76. The molecule has 1 amide bonds. The first-order chi connectivity index (χ1) is 23.8. The lowest BCUT2D eigenvalue weighted by molar-refractivity contribution is -0.141. The van der Waals surface area contributed by atoms with Crippen LogP contribution in [0, 0.1) is 29.5 Å². The number of ether oxygens (including phenoxy) is 1. The molecule has 0 aliphatic carbocycles. The number of thioether (sulfide) groups is 2. The maximum Gasteiger partial charge on any atom is 0.434 e. The molecule has 1 aromatic carbocycles. The van der Waals surface area contributed by atoms with Crippen LogP contribution >= 0.6 is 35.1 Å². The minimum Gasteiger partial charge on any atom is -0.481 e. The summed E-state index contributed by atoms with van der Waals surface area (Å²) in [4.78, 5) is 45.9. The lowest BCUT2D eigenvalue weighted by Crippen LogP contribution is -2.39. The van der Waals surface area contributed by atoms with Gasteiger partial charge in [-0.05, 0) is 41.9 Å². The summed E-state index contributed by atoms with van der Waals surface area (Å²) >= 11 is 2.33. The Balaban J connectivity index is 0.000000229. The van der Waals surface area contributed by atoms with Gasteiger partial charge in [0.2, 0.25) is 15.0 Å². The number of alkyl halides is 5. The van der Waals surface area contributed by atoms with Crippen LogP contribution in [0.15, 0.2) is 17.1 Å². The molecular formula is C33H33F6N5O4S3. The SMILES string of the molecule is C#CCN1C(=O)COc2cc(F)c(/N=c3\snc4n3CC(C)(C)C4)cc21.CSC(=O)c1c(C(F)F)nc(C(F)(F)F)c(C(=O)SC)c1CC(C)C. The maximum atomic E-state index is 14.5. The number of amides is 1. The number of halogens is 6. The first-order valence-corrected chi connectivity index (χ1v) is 18.4. The molecule has 0 bridgehead atoms. The molecule has 3 aromatic rings. The van der Waals surface area contributed by atoms with Crippen molar-refractivity contribution < 1.29 is 45.5 Å². The first kappa shape index (κ1) is 40.0. The molecule has 2 aromatic heterocycles. The second-order valence-electron chi connectivity index (χ2n) is 12.6. The third-order valence-corrected chi connectivity index (χ3v) is 9.56. The Hall–Kier alpha value is -3.82. The zero-order chi connectivity index (χ0) is 38.0. The minimum atomic E-state index is -5.10. The summed E-state index contributed by atoms with van der Waals surface area (Å²) in [6.45, 7) is 8.35. The Morgan fingerprint density at radius 1 is 1.16 bits per heavy atom. The molecule has 9 nitrogen and oxygen atoms in total. The molecule has 0 atom stereocenters. The van der Waals surface area contributed by atoms with Crippen molar-refractivity contribution in [3.63, 3.8) is 0 Å². The Kier molecular flexibility index (Phi) is 12.4. The summed E-state index contributed by atoms with van der Waals surface area (Å²) in [5.41, 5.74) is -3.95. The summed E-state index contributed by atoms with van der Waals surface area (Å²) in [7, 11) is 0. The molecule has 5 rings (SSSR count). The van der Waals surface area contributed by atoms with Gasteiger partial charge in [0.1, 0.15) is 23.0 Å². The van der Waals surface area contributed by atoms with Crippen molar-refractivity contribution in [1.29, 1.82) is 0 Å². The van der Waals surface area contributed by atoms with Crippen molar-refractivity contribution in [3.8, 4) is 18.1 Å². The highest BCUT2D eigenvalue weighted by molar-refractivity contribution is 8.13. The van der Waals surface area contributed by atoms with E-state index in [1.54, 1.807) is 13.8 Å². The molecule has 0 fully saturated rings. The van der Waals surface area contributed by atoms with E-state index in [1.165, 1.54) is 41.1 Å². The van der Waals surface area contributed by atoms with E-state index in [0.717, 1.165) is 18.8 Å². The summed E-state index contributed by atoms with van der Waals surface area (Å²) in [6.07, 6.45) is 0.208. The number of pyridine rings is 1. The molecule has 0 saturated carbocycles. The number of anilines is 1. The van der Waals surface area contributed by atoms with E-state index in [0.29, 0.717) is 39.8 Å². The maximum absolute atomic E-state index is 14.5. The lowest BCUT2D eigenvalue weighted by atomic mass is 9.92. The molecule has 0 radical (unpaired) electrons. The molecule has 4 heterocycles. The van der Waals surface area contributed by atoms with E-state index in [1.807, 2.05) is 4.57 Å². The number of hydrogen-bond acceptors (Lipinski definition) is 10. The molecular weight excluding hydrogens is 741 g/mol. The minimum absolute atomic E-state index is 0.0964. The normalized spacial score (nSPS) is 15.3. The molecule has 2 aliphatic rings. The largest absolute Gasteiger partial charge is 0.481 e. The van der Waals surface area contributed by atoms with Gasteiger partial charge in [-0.25, -0.2) is 23.1 Å². The van der Waals surface area contributed by atoms with Gasteiger partial charge in [-0.3, -0.25) is 19.3 Å². The zero-order valence-corrected chi connectivity index (χ0v) is 30.7. The monoisotopic (exact) mass is 773 g/mol. The van der Waals surface area contributed by atoms with E-state index in [2.05, 4.69) is 34.1 Å². The van der Waals surface area contributed by atoms with Crippen LogP contribution in [0.3, 0.4) is 0 Å². The van der Waals surface area contributed by atoms with E-state index in [4.69, 9.17) is 11.2 Å². The number of carbonyl (C=O) groups excluding carboxylic acids is 3. The molecule has 0 spiro atoms. The standard InChI is InChI=1S/C18H17FN4O2S.C15H16F5NO2S2/c1-4-5-22-13-7-12(11(19)6-14(13)25-9-16(22)24)20-17-23-10-18(2,3)8-15(23)21-26-17;1-6(2)5-7-8(13(22)24-3)10(12(16)17)21-11(15(18,19)20)9(7)14(23)25-4/h1,6-7H,5,8-10H2,2-3H3;6,12H,5H2,1-4H3/b20-17-;. The van der Waals surface area contributed by atoms with Crippen molar-refractivity contribution in [2.75, 3.05) is 30.6 Å². The highest BCUT2D eigenvalue weighted by Gasteiger charge is 2.42. The Labute approximate surface area is 302 Å². The van der Waals surface area contributed by atoms with Gasteiger partial charge in [-0.1, -0.05) is 57.1 Å². The van der Waals surface area contributed by atoms with E-state index in [-0.39, 0.29) is 48.1 Å². The smallest absolute Gasteiger partial charge is 0.434 e. The Bertz CT molecular complexity index is 1970. The topological polar surface area (TPSA) is 107 Å². The van der Waals surface area contributed by atoms with Gasteiger partial charge in [0.25, 0.3) is 12.3 Å². The third kappa shape index (κ3) is 8.80. The quantitative estimate of drug-likeness (QED) is 0.180.